The SMILES string of the molecule is COc1c(C)ccc(-c2c(Cl)cc(F)cc2Cl)c1C. The van der Waals surface area contributed by atoms with E-state index in [9.17, 15) is 4.39 Å². The minimum absolute atomic E-state index is 0.291. The molecule has 0 fully saturated rings. The van der Waals surface area contributed by atoms with Gasteiger partial charge in [-0.3, -0.25) is 0 Å². The summed E-state index contributed by atoms with van der Waals surface area (Å²) in [5.41, 5.74) is 3.42. The first-order valence-corrected chi connectivity index (χ1v) is 6.50. The van der Waals surface area contributed by atoms with E-state index in [0.717, 1.165) is 22.4 Å². The van der Waals surface area contributed by atoms with Crippen molar-refractivity contribution in [3.63, 3.8) is 0 Å². The Balaban J connectivity index is 2.73. The Hall–Kier alpha value is -1.25. The van der Waals surface area contributed by atoms with Crippen molar-refractivity contribution in [1.82, 2.24) is 0 Å². The van der Waals surface area contributed by atoms with Crippen LogP contribution in [0.3, 0.4) is 0 Å². The molecule has 0 aliphatic heterocycles. The lowest BCUT2D eigenvalue weighted by atomic mass is 9.97. The summed E-state index contributed by atoms with van der Waals surface area (Å²) in [5.74, 6) is 0.337. The van der Waals surface area contributed by atoms with Gasteiger partial charge < -0.3 is 4.74 Å². The van der Waals surface area contributed by atoms with Gasteiger partial charge >= 0.3 is 0 Å². The molecule has 100 valence electrons. The lowest BCUT2D eigenvalue weighted by Gasteiger charge is -2.15. The first kappa shape index (κ1) is 14.2. The molecule has 0 N–H and O–H groups in total. The van der Waals surface area contributed by atoms with E-state index in [1.807, 2.05) is 26.0 Å². The van der Waals surface area contributed by atoms with Gasteiger partial charge in [0.05, 0.1) is 17.2 Å². The van der Waals surface area contributed by atoms with Crippen LogP contribution < -0.4 is 4.74 Å². The van der Waals surface area contributed by atoms with Gasteiger partial charge in [-0.15, -0.1) is 0 Å². The third-order valence-electron chi connectivity index (χ3n) is 3.08. The van der Waals surface area contributed by atoms with Gasteiger partial charge in [0, 0.05) is 5.56 Å². The Morgan fingerprint density at radius 1 is 1.05 bits per heavy atom. The number of halogens is 3. The molecule has 2 aromatic rings. The summed E-state index contributed by atoms with van der Waals surface area (Å²) in [6.45, 7) is 3.89. The van der Waals surface area contributed by atoms with Crippen molar-refractivity contribution in [2.75, 3.05) is 7.11 Å². The smallest absolute Gasteiger partial charge is 0.126 e. The predicted octanol–water partition coefficient (Wildman–Crippen LogP) is 5.42. The predicted molar refractivity (Wildman–Crippen MR) is 77.9 cm³/mol. The van der Waals surface area contributed by atoms with Gasteiger partial charge in [-0.2, -0.15) is 0 Å². The first-order chi connectivity index (χ1) is 8.95. The van der Waals surface area contributed by atoms with Gasteiger partial charge in [0.1, 0.15) is 11.6 Å². The van der Waals surface area contributed by atoms with E-state index in [-0.39, 0.29) is 0 Å². The highest BCUT2D eigenvalue weighted by molar-refractivity contribution is 6.39. The average Bonchev–Trinajstić information content (AvgIpc) is 2.31. The molecular formula is C15H13Cl2FO. The van der Waals surface area contributed by atoms with Crippen LogP contribution in [-0.2, 0) is 0 Å². The Morgan fingerprint density at radius 3 is 2.16 bits per heavy atom. The number of hydrogen-bond donors (Lipinski definition) is 0. The minimum atomic E-state index is -0.449. The molecule has 0 heterocycles. The van der Waals surface area contributed by atoms with Gasteiger partial charge in [-0.25, -0.2) is 4.39 Å². The standard InChI is InChI=1S/C15H13Cl2FO/c1-8-4-5-11(9(2)15(8)19-3)14-12(16)6-10(18)7-13(14)17/h4-7H,1-3H3. The zero-order chi connectivity index (χ0) is 14.2. The zero-order valence-corrected chi connectivity index (χ0v) is 12.4. The van der Waals surface area contributed by atoms with Gasteiger partial charge in [-0.1, -0.05) is 35.3 Å². The van der Waals surface area contributed by atoms with E-state index in [4.69, 9.17) is 27.9 Å². The van der Waals surface area contributed by atoms with Crippen molar-refractivity contribution in [2.45, 2.75) is 13.8 Å². The third-order valence-corrected chi connectivity index (χ3v) is 3.68. The number of benzene rings is 2. The lowest BCUT2D eigenvalue weighted by molar-refractivity contribution is 0.409. The molecule has 0 unspecified atom stereocenters. The number of hydrogen-bond acceptors (Lipinski definition) is 1. The molecule has 19 heavy (non-hydrogen) atoms. The number of rotatable bonds is 2. The summed E-state index contributed by atoms with van der Waals surface area (Å²) in [7, 11) is 1.62. The van der Waals surface area contributed by atoms with E-state index in [0.29, 0.717) is 15.6 Å². The van der Waals surface area contributed by atoms with E-state index >= 15 is 0 Å². The van der Waals surface area contributed by atoms with E-state index in [1.165, 1.54) is 12.1 Å². The van der Waals surface area contributed by atoms with Crippen LogP contribution in [0.5, 0.6) is 5.75 Å². The maximum Gasteiger partial charge on any atom is 0.126 e. The molecule has 0 spiro atoms. The second-order valence-electron chi connectivity index (χ2n) is 4.33. The molecule has 0 atom stereocenters. The van der Waals surface area contributed by atoms with Crippen molar-refractivity contribution < 1.29 is 9.13 Å². The van der Waals surface area contributed by atoms with Gasteiger partial charge in [-0.05, 0) is 42.7 Å². The third kappa shape index (κ3) is 2.56. The summed E-state index contributed by atoms with van der Waals surface area (Å²) in [4.78, 5) is 0. The van der Waals surface area contributed by atoms with Crippen molar-refractivity contribution in [1.29, 1.82) is 0 Å². The van der Waals surface area contributed by atoms with E-state index < -0.39 is 5.82 Å². The highest BCUT2D eigenvalue weighted by Gasteiger charge is 2.16. The van der Waals surface area contributed by atoms with Crippen molar-refractivity contribution in [2.24, 2.45) is 0 Å². The molecule has 1 nitrogen and oxygen atoms in total. The van der Waals surface area contributed by atoms with Crippen LogP contribution in [0, 0.1) is 19.7 Å². The van der Waals surface area contributed by atoms with Crippen LogP contribution in [0.2, 0.25) is 10.0 Å². The Labute approximate surface area is 121 Å². The van der Waals surface area contributed by atoms with Crippen LogP contribution in [0.15, 0.2) is 24.3 Å². The molecule has 0 aromatic heterocycles. The quantitative estimate of drug-likeness (QED) is 0.719. The summed E-state index contributed by atoms with van der Waals surface area (Å²) in [6, 6.07) is 6.36. The zero-order valence-electron chi connectivity index (χ0n) is 10.9. The van der Waals surface area contributed by atoms with Crippen LogP contribution in [0.25, 0.3) is 11.1 Å². The molecule has 0 aliphatic carbocycles. The van der Waals surface area contributed by atoms with E-state index in [1.54, 1.807) is 7.11 Å². The molecule has 4 heteroatoms. The fourth-order valence-corrected chi connectivity index (χ4v) is 2.88. The summed E-state index contributed by atoms with van der Waals surface area (Å²) in [5, 5.41) is 0.581. The monoisotopic (exact) mass is 298 g/mol. The summed E-state index contributed by atoms with van der Waals surface area (Å²) >= 11 is 12.2. The molecule has 0 saturated heterocycles. The topological polar surface area (TPSA) is 9.23 Å². The van der Waals surface area contributed by atoms with Gasteiger partial charge in [0.15, 0.2) is 0 Å². The maximum atomic E-state index is 13.2. The normalized spacial score (nSPS) is 10.6. The molecule has 0 amide bonds. The Kier molecular flexibility index (Phi) is 4.02. The van der Waals surface area contributed by atoms with Crippen LogP contribution >= 0.6 is 23.2 Å². The lowest BCUT2D eigenvalue weighted by Crippen LogP contribution is -1.95. The highest BCUT2D eigenvalue weighted by atomic mass is 35.5. The van der Waals surface area contributed by atoms with Crippen molar-refractivity contribution >= 4 is 23.2 Å². The van der Waals surface area contributed by atoms with Crippen LogP contribution in [0.1, 0.15) is 11.1 Å². The fraction of sp³-hybridized carbons (Fsp3) is 0.200. The summed E-state index contributed by atoms with van der Waals surface area (Å²) in [6.07, 6.45) is 0. The molecule has 0 bridgehead atoms. The second-order valence-corrected chi connectivity index (χ2v) is 5.15. The maximum absolute atomic E-state index is 13.2. The molecule has 0 aliphatic rings. The average molecular weight is 299 g/mol. The van der Waals surface area contributed by atoms with Crippen LogP contribution in [0.4, 0.5) is 4.39 Å². The number of ether oxygens (including phenoxy) is 1. The highest BCUT2D eigenvalue weighted by Crippen LogP contribution is 2.40. The van der Waals surface area contributed by atoms with Gasteiger partial charge in [0.2, 0.25) is 0 Å². The van der Waals surface area contributed by atoms with Crippen LogP contribution in [-0.4, -0.2) is 7.11 Å². The second kappa shape index (κ2) is 5.40. The summed E-state index contributed by atoms with van der Waals surface area (Å²) < 4.78 is 18.6. The molecule has 2 aromatic carbocycles. The number of methoxy groups -OCH3 is 1. The first-order valence-electron chi connectivity index (χ1n) is 5.74. The fourth-order valence-electron chi connectivity index (χ4n) is 2.21. The van der Waals surface area contributed by atoms with Gasteiger partial charge in [0.25, 0.3) is 0 Å². The molecular weight excluding hydrogens is 286 g/mol. The molecule has 0 saturated carbocycles. The largest absolute Gasteiger partial charge is 0.496 e. The van der Waals surface area contributed by atoms with Crippen molar-refractivity contribution in [3.05, 3.63) is 51.3 Å². The van der Waals surface area contributed by atoms with E-state index in [2.05, 4.69) is 0 Å². The molecule has 2 rings (SSSR count). The van der Waals surface area contributed by atoms with Crippen molar-refractivity contribution in [3.8, 4) is 16.9 Å². The Bertz CT molecular complexity index is 615. The Morgan fingerprint density at radius 2 is 1.63 bits per heavy atom. The molecule has 0 radical (unpaired) electrons. The number of aryl methyl sites for hydroxylation is 1. The minimum Gasteiger partial charge on any atom is -0.496 e.